The van der Waals surface area contributed by atoms with Crippen molar-refractivity contribution in [1.29, 1.82) is 0 Å². The zero-order chi connectivity index (χ0) is 19.4. The average molecular weight is 420 g/mol. The molecule has 0 heterocycles. The van der Waals surface area contributed by atoms with E-state index >= 15 is 0 Å². The number of hydrogen-bond acceptors (Lipinski definition) is 2. The lowest BCUT2D eigenvalue weighted by Gasteiger charge is -2.27. The maximum Gasteiger partial charge on any atom is 0.273 e. The minimum atomic E-state index is -2.28. The standard InChI is InChI=1S/C24H19NO2P.ClH/c26-25(27)20-11-10-18-24(19-20)28(21-12-4-1-5-13-21,22-14-6-2-7-15-22)23-16-8-3-9-17-23;/h1-19H;1H/q+1;/p-1. The first-order chi connectivity index (χ1) is 13.7. The van der Waals surface area contributed by atoms with Crippen LogP contribution in [-0.4, -0.2) is 4.92 Å². The first-order valence-electron chi connectivity index (χ1n) is 9.04. The van der Waals surface area contributed by atoms with E-state index < -0.39 is 7.26 Å². The highest BCUT2D eigenvalue weighted by Crippen LogP contribution is 2.54. The molecule has 144 valence electrons. The van der Waals surface area contributed by atoms with Crippen LogP contribution in [-0.2, 0) is 0 Å². The smallest absolute Gasteiger partial charge is 0.273 e. The molecule has 0 radical (unpaired) electrons. The summed E-state index contributed by atoms with van der Waals surface area (Å²) in [5.41, 5.74) is 0.115. The molecule has 0 N–H and O–H groups in total. The number of non-ortho nitro benzene ring substituents is 1. The Morgan fingerprint density at radius 2 is 0.931 bits per heavy atom. The molecular formula is C24H19ClNO2P. The molecule has 0 atom stereocenters. The number of nitro groups is 1. The summed E-state index contributed by atoms with van der Waals surface area (Å²) in [6.45, 7) is 0. The monoisotopic (exact) mass is 419 g/mol. The molecule has 0 aliphatic heterocycles. The zero-order valence-electron chi connectivity index (χ0n) is 15.6. The summed E-state index contributed by atoms with van der Waals surface area (Å²) in [6.07, 6.45) is 0. The van der Waals surface area contributed by atoms with Crippen LogP contribution in [0.25, 0.3) is 0 Å². The topological polar surface area (TPSA) is 43.1 Å². The van der Waals surface area contributed by atoms with Gasteiger partial charge < -0.3 is 12.4 Å². The maximum absolute atomic E-state index is 11.5. The van der Waals surface area contributed by atoms with Crippen LogP contribution < -0.4 is 33.6 Å². The fraction of sp³-hybridized carbons (Fsp3) is 0. The normalized spacial score (nSPS) is 10.8. The highest BCUT2D eigenvalue weighted by molar-refractivity contribution is 8.01. The predicted octanol–water partition coefficient (Wildman–Crippen LogP) is 1.22. The van der Waals surface area contributed by atoms with Crippen LogP contribution in [0.5, 0.6) is 0 Å². The van der Waals surface area contributed by atoms with Crippen molar-refractivity contribution in [1.82, 2.24) is 0 Å². The van der Waals surface area contributed by atoms with Gasteiger partial charge in [-0.15, -0.1) is 0 Å². The third kappa shape index (κ3) is 3.80. The van der Waals surface area contributed by atoms with E-state index in [-0.39, 0.29) is 23.0 Å². The van der Waals surface area contributed by atoms with Gasteiger partial charge in [-0.25, -0.2) is 0 Å². The van der Waals surface area contributed by atoms with Gasteiger partial charge in [-0.2, -0.15) is 0 Å². The van der Waals surface area contributed by atoms with E-state index in [1.165, 1.54) is 15.9 Å². The van der Waals surface area contributed by atoms with Gasteiger partial charge in [0.1, 0.15) is 28.5 Å². The van der Waals surface area contributed by atoms with Gasteiger partial charge >= 0.3 is 0 Å². The van der Waals surface area contributed by atoms with E-state index in [0.29, 0.717) is 0 Å². The van der Waals surface area contributed by atoms with Crippen molar-refractivity contribution in [2.75, 3.05) is 0 Å². The number of nitrogens with zero attached hydrogens (tertiary/aromatic N) is 1. The lowest BCUT2D eigenvalue weighted by molar-refractivity contribution is -0.384. The molecule has 5 heteroatoms. The Kier molecular flexibility index (Phi) is 6.43. The van der Waals surface area contributed by atoms with Crippen LogP contribution in [0.1, 0.15) is 0 Å². The third-order valence-electron chi connectivity index (χ3n) is 4.86. The molecule has 0 amide bonds. The Balaban J connectivity index is 0.00000240. The summed E-state index contributed by atoms with van der Waals surface area (Å²) in [5.74, 6) is 0. The Morgan fingerprint density at radius 3 is 1.31 bits per heavy atom. The van der Waals surface area contributed by atoms with E-state index in [2.05, 4.69) is 36.4 Å². The van der Waals surface area contributed by atoms with Crippen molar-refractivity contribution in [2.45, 2.75) is 0 Å². The van der Waals surface area contributed by atoms with Gasteiger partial charge in [0.2, 0.25) is 0 Å². The maximum atomic E-state index is 11.5. The molecule has 4 aromatic rings. The summed E-state index contributed by atoms with van der Waals surface area (Å²) in [5, 5.41) is 16.0. The van der Waals surface area contributed by atoms with Gasteiger partial charge in [-0.05, 0) is 42.5 Å². The highest BCUT2D eigenvalue weighted by atomic mass is 35.5. The average Bonchev–Trinajstić information content (AvgIpc) is 2.77. The molecule has 0 aliphatic carbocycles. The van der Waals surface area contributed by atoms with E-state index in [0.717, 1.165) is 5.30 Å². The molecule has 3 nitrogen and oxygen atoms in total. The number of halogens is 1. The van der Waals surface area contributed by atoms with Gasteiger partial charge in [0.25, 0.3) is 5.69 Å². The van der Waals surface area contributed by atoms with Crippen LogP contribution in [0.3, 0.4) is 0 Å². The third-order valence-corrected chi connectivity index (χ3v) is 9.13. The molecule has 0 aliphatic rings. The number of benzene rings is 4. The van der Waals surface area contributed by atoms with Gasteiger partial charge in [-0.1, -0.05) is 60.7 Å². The van der Waals surface area contributed by atoms with Crippen LogP contribution in [0, 0.1) is 10.1 Å². The van der Waals surface area contributed by atoms with Gasteiger partial charge in [0, 0.05) is 6.07 Å². The summed E-state index contributed by atoms with van der Waals surface area (Å²) in [6, 6.07) is 38.1. The van der Waals surface area contributed by atoms with Crippen molar-refractivity contribution in [3.8, 4) is 0 Å². The van der Waals surface area contributed by atoms with Crippen LogP contribution in [0.4, 0.5) is 5.69 Å². The predicted molar refractivity (Wildman–Crippen MR) is 118 cm³/mol. The summed E-state index contributed by atoms with van der Waals surface area (Å²) < 4.78 is 0. The molecule has 0 saturated carbocycles. The molecule has 0 spiro atoms. The molecular weight excluding hydrogens is 401 g/mol. The molecule has 0 saturated heterocycles. The second kappa shape index (κ2) is 9.00. The van der Waals surface area contributed by atoms with E-state index in [9.17, 15) is 10.1 Å². The second-order valence-electron chi connectivity index (χ2n) is 6.45. The highest BCUT2D eigenvalue weighted by Gasteiger charge is 2.48. The van der Waals surface area contributed by atoms with E-state index in [4.69, 9.17) is 0 Å². The number of hydrogen-bond donors (Lipinski definition) is 0. The van der Waals surface area contributed by atoms with E-state index in [1.807, 2.05) is 60.7 Å². The van der Waals surface area contributed by atoms with E-state index in [1.54, 1.807) is 18.2 Å². The van der Waals surface area contributed by atoms with Crippen molar-refractivity contribution in [3.63, 3.8) is 0 Å². The number of nitro benzene ring substituents is 1. The molecule has 4 rings (SSSR count). The van der Waals surface area contributed by atoms with Crippen LogP contribution in [0.15, 0.2) is 115 Å². The largest absolute Gasteiger partial charge is 1.00 e. The molecule has 29 heavy (non-hydrogen) atoms. The van der Waals surface area contributed by atoms with Crippen molar-refractivity contribution in [3.05, 3.63) is 125 Å². The first kappa shape index (κ1) is 20.7. The lowest BCUT2D eigenvalue weighted by Crippen LogP contribution is -3.00. The van der Waals surface area contributed by atoms with Crippen molar-refractivity contribution >= 4 is 34.2 Å². The van der Waals surface area contributed by atoms with Crippen LogP contribution >= 0.6 is 7.26 Å². The first-order valence-corrected chi connectivity index (χ1v) is 10.8. The molecule has 0 bridgehead atoms. The fourth-order valence-corrected chi connectivity index (χ4v) is 7.95. The number of rotatable bonds is 5. The minimum Gasteiger partial charge on any atom is -1.00 e. The quantitative estimate of drug-likeness (QED) is 0.277. The Bertz CT molecular complexity index is 993. The lowest BCUT2D eigenvalue weighted by atomic mass is 10.3. The molecule has 0 unspecified atom stereocenters. The van der Waals surface area contributed by atoms with Crippen molar-refractivity contribution < 1.29 is 17.3 Å². The van der Waals surface area contributed by atoms with Crippen molar-refractivity contribution in [2.24, 2.45) is 0 Å². The second-order valence-corrected chi connectivity index (χ2v) is 9.86. The van der Waals surface area contributed by atoms with Crippen LogP contribution in [0.2, 0.25) is 0 Å². The molecule has 0 fully saturated rings. The van der Waals surface area contributed by atoms with Gasteiger partial charge in [0.15, 0.2) is 0 Å². The van der Waals surface area contributed by atoms with Gasteiger partial charge in [-0.3, -0.25) is 10.1 Å². The summed E-state index contributed by atoms with van der Waals surface area (Å²) in [4.78, 5) is 11.2. The fourth-order valence-electron chi connectivity index (χ4n) is 3.66. The summed E-state index contributed by atoms with van der Waals surface area (Å²) in [7, 11) is -2.28. The zero-order valence-corrected chi connectivity index (χ0v) is 17.2. The Hall–Kier alpha value is -3.00. The minimum absolute atomic E-state index is 0. The Morgan fingerprint density at radius 1 is 0.552 bits per heavy atom. The van der Waals surface area contributed by atoms with Gasteiger partial charge in [0.05, 0.1) is 11.0 Å². The molecule has 0 aromatic heterocycles. The SMILES string of the molecule is O=[N+]([O-])c1cccc([P+](c2ccccc2)(c2ccccc2)c2ccccc2)c1.[Cl-]. The Labute approximate surface area is 176 Å². The summed E-state index contributed by atoms with van der Waals surface area (Å²) >= 11 is 0. The molecule has 4 aromatic carbocycles.